The van der Waals surface area contributed by atoms with Crippen molar-refractivity contribution >= 4 is 34.6 Å². The minimum absolute atomic E-state index is 0.0206. The van der Waals surface area contributed by atoms with Crippen molar-refractivity contribution in [1.29, 1.82) is 0 Å². The Kier molecular flexibility index (Phi) is 5.79. The summed E-state index contributed by atoms with van der Waals surface area (Å²) in [6.45, 7) is 6.95. The molecule has 2 aliphatic rings. The first-order chi connectivity index (χ1) is 14.8. The standard InChI is InChI=1S/C24H29N3O3S/c1-15-12-16(7-10-20(15)27-11-5-6-22(27)28)25-23(31)26-19-14-24(2,3)30-21-13-17(29-4)8-9-18(19)21/h7-10,12-13,19H,5-6,11,14H2,1-4H3,(H2,25,26,31)/t19-/m0/s1. The zero-order chi connectivity index (χ0) is 22.2. The molecule has 6 nitrogen and oxygen atoms in total. The molecule has 1 atom stereocenters. The third kappa shape index (κ3) is 4.61. The summed E-state index contributed by atoms with van der Waals surface area (Å²) in [6.07, 6.45) is 2.33. The maximum absolute atomic E-state index is 12.1. The van der Waals surface area contributed by atoms with Gasteiger partial charge in [0.2, 0.25) is 5.91 Å². The van der Waals surface area contributed by atoms with Gasteiger partial charge in [-0.3, -0.25) is 4.79 Å². The second kappa shape index (κ2) is 8.38. The van der Waals surface area contributed by atoms with Crippen molar-refractivity contribution in [1.82, 2.24) is 5.32 Å². The molecule has 2 heterocycles. The van der Waals surface area contributed by atoms with Gasteiger partial charge in [-0.15, -0.1) is 0 Å². The summed E-state index contributed by atoms with van der Waals surface area (Å²) in [5.41, 5.74) is 3.65. The highest BCUT2D eigenvalue weighted by molar-refractivity contribution is 7.80. The summed E-state index contributed by atoms with van der Waals surface area (Å²) >= 11 is 5.62. The van der Waals surface area contributed by atoms with E-state index in [1.54, 1.807) is 7.11 Å². The SMILES string of the molecule is COc1ccc2c(c1)OC(C)(C)C[C@@H]2NC(=S)Nc1ccc(N2CCCC2=O)c(C)c1. The molecule has 1 saturated heterocycles. The molecule has 0 bridgehead atoms. The first-order valence-electron chi connectivity index (χ1n) is 10.6. The fourth-order valence-corrected chi connectivity index (χ4v) is 4.61. The van der Waals surface area contributed by atoms with Gasteiger partial charge in [0.05, 0.1) is 13.2 Å². The Morgan fingerprint density at radius 2 is 2.06 bits per heavy atom. The molecule has 0 unspecified atom stereocenters. The molecule has 0 saturated carbocycles. The van der Waals surface area contributed by atoms with Crippen LogP contribution < -0.4 is 25.0 Å². The van der Waals surface area contributed by atoms with E-state index in [1.165, 1.54) is 0 Å². The number of benzene rings is 2. The number of thiocarbonyl (C=S) groups is 1. The molecule has 2 aromatic rings. The number of hydrogen-bond donors (Lipinski definition) is 2. The average Bonchev–Trinajstić information content (AvgIpc) is 3.12. The molecular weight excluding hydrogens is 410 g/mol. The highest BCUT2D eigenvalue weighted by atomic mass is 32.1. The minimum Gasteiger partial charge on any atom is -0.497 e. The van der Waals surface area contributed by atoms with Gasteiger partial charge in [-0.25, -0.2) is 0 Å². The first-order valence-corrected chi connectivity index (χ1v) is 11.0. The Balaban J connectivity index is 1.48. The number of hydrogen-bond acceptors (Lipinski definition) is 4. The topological polar surface area (TPSA) is 62.8 Å². The number of methoxy groups -OCH3 is 1. The molecular formula is C24H29N3O3S. The van der Waals surface area contributed by atoms with Crippen LogP contribution in [0.25, 0.3) is 0 Å². The quantitative estimate of drug-likeness (QED) is 0.672. The number of carbonyl (C=O) groups excluding carboxylic acids is 1. The number of aryl methyl sites for hydroxylation is 1. The van der Waals surface area contributed by atoms with Crippen LogP contribution in [0.15, 0.2) is 36.4 Å². The Morgan fingerprint density at radius 3 is 2.74 bits per heavy atom. The minimum atomic E-state index is -0.326. The maximum Gasteiger partial charge on any atom is 0.227 e. The fraction of sp³-hybridized carbons (Fsp3) is 0.417. The van der Waals surface area contributed by atoms with E-state index in [-0.39, 0.29) is 17.6 Å². The van der Waals surface area contributed by atoms with Crippen molar-refractivity contribution in [3.63, 3.8) is 0 Å². The van der Waals surface area contributed by atoms with Gasteiger partial charge in [-0.05, 0) is 75.3 Å². The number of carbonyl (C=O) groups is 1. The lowest BCUT2D eigenvalue weighted by atomic mass is 9.89. The largest absolute Gasteiger partial charge is 0.497 e. The Morgan fingerprint density at radius 1 is 1.26 bits per heavy atom. The lowest BCUT2D eigenvalue weighted by molar-refractivity contribution is -0.117. The average molecular weight is 440 g/mol. The predicted molar refractivity (Wildman–Crippen MR) is 127 cm³/mol. The normalized spacial score (nSPS) is 19.4. The van der Waals surface area contributed by atoms with Crippen molar-refractivity contribution in [2.45, 2.75) is 51.7 Å². The van der Waals surface area contributed by atoms with E-state index in [0.29, 0.717) is 11.5 Å². The van der Waals surface area contributed by atoms with E-state index in [4.69, 9.17) is 21.7 Å². The number of nitrogens with one attached hydrogen (secondary N) is 2. The van der Waals surface area contributed by atoms with Crippen LogP contribution in [0.3, 0.4) is 0 Å². The third-order valence-electron chi connectivity index (χ3n) is 5.80. The second-order valence-electron chi connectivity index (χ2n) is 8.77. The summed E-state index contributed by atoms with van der Waals surface area (Å²) in [5, 5.41) is 7.29. The molecule has 4 rings (SSSR count). The van der Waals surface area contributed by atoms with Crippen molar-refractivity contribution < 1.29 is 14.3 Å². The van der Waals surface area contributed by atoms with Crippen LogP contribution in [0.2, 0.25) is 0 Å². The zero-order valence-electron chi connectivity index (χ0n) is 18.5. The van der Waals surface area contributed by atoms with Crippen LogP contribution in [-0.2, 0) is 4.79 Å². The highest BCUT2D eigenvalue weighted by Crippen LogP contribution is 2.41. The fourth-order valence-electron chi connectivity index (χ4n) is 4.35. The predicted octanol–water partition coefficient (Wildman–Crippen LogP) is 4.72. The van der Waals surface area contributed by atoms with Gasteiger partial charge < -0.3 is 25.0 Å². The summed E-state index contributed by atoms with van der Waals surface area (Å²) in [5.74, 6) is 1.77. The summed E-state index contributed by atoms with van der Waals surface area (Å²) in [4.78, 5) is 13.9. The summed E-state index contributed by atoms with van der Waals surface area (Å²) < 4.78 is 11.5. The van der Waals surface area contributed by atoms with Crippen LogP contribution in [0, 0.1) is 6.92 Å². The van der Waals surface area contributed by atoms with Crippen molar-refractivity contribution in [3.05, 3.63) is 47.5 Å². The van der Waals surface area contributed by atoms with Crippen LogP contribution in [-0.4, -0.2) is 30.3 Å². The molecule has 31 heavy (non-hydrogen) atoms. The lowest BCUT2D eigenvalue weighted by Gasteiger charge is -2.38. The van der Waals surface area contributed by atoms with E-state index in [2.05, 4.69) is 24.5 Å². The van der Waals surface area contributed by atoms with Gasteiger partial charge in [0.15, 0.2) is 5.11 Å². The first kappa shape index (κ1) is 21.4. The van der Waals surface area contributed by atoms with E-state index >= 15 is 0 Å². The number of fused-ring (bicyclic) bond motifs is 1. The van der Waals surface area contributed by atoms with Crippen LogP contribution in [0.4, 0.5) is 11.4 Å². The van der Waals surface area contributed by atoms with E-state index < -0.39 is 0 Å². The maximum atomic E-state index is 12.1. The Labute approximate surface area is 188 Å². The molecule has 0 aromatic heterocycles. The number of anilines is 2. The van der Waals surface area contributed by atoms with Crippen LogP contribution in [0.5, 0.6) is 11.5 Å². The second-order valence-corrected chi connectivity index (χ2v) is 9.18. The van der Waals surface area contributed by atoms with Gasteiger partial charge in [0.1, 0.15) is 17.1 Å². The number of nitrogens with zero attached hydrogens (tertiary/aromatic N) is 1. The van der Waals surface area contributed by atoms with E-state index in [0.717, 1.165) is 53.4 Å². The molecule has 7 heteroatoms. The van der Waals surface area contributed by atoms with E-state index in [1.807, 2.05) is 48.2 Å². The molecule has 2 aromatic carbocycles. The Hall–Kier alpha value is -2.80. The van der Waals surface area contributed by atoms with Crippen molar-refractivity contribution in [2.24, 2.45) is 0 Å². The van der Waals surface area contributed by atoms with Gasteiger partial charge >= 0.3 is 0 Å². The molecule has 2 aliphatic heterocycles. The molecule has 0 aliphatic carbocycles. The number of amides is 1. The number of rotatable bonds is 4. The van der Waals surface area contributed by atoms with Gasteiger partial charge in [0, 0.05) is 42.4 Å². The molecule has 1 amide bonds. The smallest absolute Gasteiger partial charge is 0.227 e. The van der Waals surface area contributed by atoms with Gasteiger partial charge in [-0.1, -0.05) is 0 Å². The molecule has 2 N–H and O–H groups in total. The molecule has 1 fully saturated rings. The molecule has 0 spiro atoms. The number of ether oxygens (including phenoxy) is 2. The van der Waals surface area contributed by atoms with Gasteiger partial charge in [-0.2, -0.15) is 0 Å². The Bertz CT molecular complexity index is 1020. The molecule has 164 valence electrons. The van der Waals surface area contributed by atoms with Crippen molar-refractivity contribution in [2.75, 3.05) is 23.9 Å². The molecule has 0 radical (unpaired) electrons. The zero-order valence-corrected chi connectivity index (χ0v) is 19.3. The van der Waals surface area contributed by atoms with E-state index in [9.17, 15) is 4.79 Å². The third-order valence-corrected chi connectivity index (χ3v) is 6.02. The highest BCUT2D eigenvalue weighted by Gasteiger charge is 2.34. The van der Waals surface area contributed by atoms with Crippen molar-refractivity contribution in [3.8, 4) is 11.5 Å². The summed E-state index contributed by atoms with van der Waals surface area (Å²) in [6, 6.07) is 11.9. The summed E-state index contributed by atoms with van der Waals surface area (Å²) in [7, 11) is 1.65. The lowest BCUT2D eigenvalue weighted by Crippen LogP contribution is -2.42. The van der Waals surface area contributed by atoms with Crippen LogP contribution >= 0.6 is 12.2 Å². The van der Waals surface area contributed by atoms with Crippen LogP contribution in [0.1, 0.15) is 50.3 Å². The van der Waals surface area contributed by atoms with Gasteiger partial charge in [0.25, 0.3) is 0 Å². The monoisotopic (exact) mass is 439 g/mol.